The van der Waals surface area contributed by atoms with Crippen LogP contribution in [0.4, 0.5) is 11.4 Å². The Labute approximate surface area is 125 Å². The van der Waals surface area contributed by atoms with Gasteiger partial charge >= 0.3 is 0 Å². The molecule has 0 aliphatic heterocycles. The third-order valence-corrected chi connectivity index (χ3v) is 4.83. The molecule has 0 fully saturated rings. The summed E-state index contributed by atoms with van der Waals surface area (Å²) >= 11 is 6.59. The molecule has 4 nitrogen and oxygen atoms in total. The van der Waals surface area contributed by atoms with Crippen LogP contribution in [0, 0.1) is 5.92 Å². The van der Waals surface area contributed by atoms with Crippen LogP contribution in [0.15, 0.2) is 21.1 Å². The maximum absolute atomic E-state index is 11.9. The number of sulfonamides is 1. The summed E-state index contributed by atoms with van der Waals surface area (Å²) in [5.41, 5.74) is 6.69. The molecule has 0 aromatic heterocycles. The highest BCUT2D eigenvalue weighted by Gasteiger charge is 2.15. The van der Waals surface area contributed by atoms with E-state index in [1.807, 2.05) is 13.8 Å². The summed E-state index contributed by atoms with van der Waals surface area (Å²) in [7, 11) is -3.34. The fourth-order valence-electron chi connectivity index (χ4n) is 1.29. The van der Waals surface area contributed by atoms with Gasteiger partial charge in [0.1, 0.15) is 0 Å². The normalized spacial score (nSPS) is 11.8. The van der Waals surface area contributed by atoms with Crippen molar-refractivity contribution in [3.05, 3.63) is 21.1 Å². The lowest BCUT2D eigenvalue weighted by Gasteiger charge is -2.13. The van der Waals surface area contributed by atoms with Gasteiger partial charge in [0.05, 0.1) is 11.4 Å². The lowest BCUT2D eigenvalue weighted by molar-refractivity contribution is 0.578. The van der Waals surface area contributed by atoms with Crippen LogP contribution < -0.4 is 10.5 Å². The first-order valence-corrected chi connectivity index (χ1v) is 8.70. The van der Waals surface area contributed by atoms with Crippen LogP contribution in [0.5, 0.6) is 0 Å². The van der Waals surface area contributed by atoms with Gasteiger partial charge in [-0.05, 0) is 56.3 Å². The van der Waals surface area contributed by atoms with Gasteiger partial charge in [0, 0.05) is 14.6 Å². The molecule has 0 radical (unpaired) electrons. The molecular weight excluding hydrogens is 384 g/mol. The highest BCUT2D eigenvalue weighted by molar-refractivity contribution is 9.11. The highest BCUT2D eigenvalue weighted by atomic mass is 79.9. The van der Waals surface area contributed by atoms with E-state index >= 15 is 0 Å². The smallest absolute Gasteiger partial charge is 0.232 e. The van der Waals surface area contributed by atoms with Gasteiger partial charge in [0.15, 0.2) is 0 Å². The molecule has 0 aliphatic rings. The van der Waals surface area contributed by atoms with Gasteiger partial charge in [-0.15, -0.1) is 0 Å². The van der Waals surface area contributed by atoms with Crippen molar-refractivity contribution in [2.24, 2.45) is 5.92 Å². The molecule has 0 aliphatic carbocycles. The van der Waals surface area contributed by atoms with Crippen molar-refractivity contribution < 1.29 is 8.42 Å². The van der Waals surface area contributed by atoms with E-state index in [2.05, 4.69) is 36.6 Å². The van der Waals surface area contributed by atoms with Crippen molar-refractivity contribution in [2.45, 2.75) is 20.3 Å². The van der Waals surface area contributed by atoms with Gasteiger partial charge in [0.25, 0.3) is 0 Å². The summed E-state index contributed by atoms with van der Waals surface area (Å²) in [6.45, 7) is 3.98. The fourth-order valence-corrected chi connectivity index (χ4v) is 4.38. The molecule has 1 aromatic rings. The predicted octanol–water partition coefficient (Wildman–Crippen LogP) is 3.58. The second kappa shape index (κ2) is 6.25. The van der Waals surface area contributed by atoms with Crippen LogP contribution in [0.3, 0.4) is 0 Å². The summed E-state index contributed by atoms with van der Waals surface area (Å²) < 4.78 is 27.6. The van der Waals surface area contributed by atoms with Crippen molar-refractivity contribution in [3.63, 3.8) is 0 Å². The quantitative estimate of drug-likeness (QED) is 0.743. The van der Waals surface area contributed by atoms with Gasteiger partial charge in [-0.1, -0.05) is 13.8 Å². The Kier molecular flexibility index (Phi) is 5.48. The molecule has 0 amide bonds. The lowest BCUT2D eigenvalue weighted by Crippen LogP contribution is -2.18. The monoisotopic (exact) mass is 398 g/mol. The van der Waals surface area contributed by atoms with Crippen molar-refractivity contribution in [2.75, 3.05) is 16.2 Å². The SMILES string of the molecule is CC(C)CCS(=O)(=O)Nc1c(Br)cc(N)cc1Br. The van der Waals surface area contributed by atoms with Crippen molar-refractivity contribution >= 4 is 53.3 Å². The first kappa shape index (κ1) is 15.8. The Balaban J connectivity index is 2.91. The van der Waals surface area contributed by atoms with Crippen molar-refractivity contribution in [3.8, 4) is 0 Å². The van der Waals surface area contributed by atoms with Crippen LogP contribution in [-0.2, 0) is 10.0 Å². The Morgan fingerprint density at radius 3 is 2.22 bits per heavy atom. The number of nitrogens with two attached hydrogens (primary N) is 1. The van der Waals surface area contributed by atoms with E-state index in [-0.39, 0.29) is 5.75 Å². The second-order valence-corrected chi connectivity index (χ2v) is 8.01. The predicted molar refractivity (Wildman–Crippen MR) is 83.1 cm³/mol. The average molecular weight is 400 g/mol. The third-order valence-electron chi connectivity index (χ3n) is 2.29. The Morgan fingerprint density at radius 2 is 1.78 bits per heavy atom. The van der Waals surface area contributed by atoms with Crippen LogP contribution in [0.25, 0.3) is 0 Å². The largest absolute Gasteiger partial charge is 0.399 e. The Hall–Kier alpha value is -0.270. The number of halogens is 2. The fraction of sp³-hybridized carbons (Fsp3) is 0.455. The molecule has 0 atom stereocenters. The maximum atomic E-state index is 11.9. The molecule has 102 valence electrons. The second-order valence-electron chi connectivity index (χ2n) is 4.46. The van der Waals surface area contributed by atoms with E-state index in [0.717, 1.165) is 0 Å². The molecule has 0 saturated carbocycles. The number of nitrogens with one attached hydrogen (secondary N) is 1. The topological polar surface area (TPSA) is 72.2 Å². The zero-order valence-corrected chi connectivity index (χ0v) is 14.2. The molecule has 0 unspecified atom stereocenters. The van der Waals surface area contributed by atoms with E-state index in [4.69, 9.17) is 5.73 Å². The lowest BCUT2D eigenvalue weighted by atomic mass is 10.2. The molecule has 18 heavy (non-hydrogen) atoms. The molecule has 0 spiro atoms. The van der Waals surface area contributed by atoms with Crippen LogP contribution in [0.2, 0.25) is 0 Å². The van der Waals surface area contributed by atoms with E-state index < -0.39 is 10.0 Å². The molecule has 0 saturated heterocycles. The number of benzene rings is 1. The summed E-state index contributed by atoms with van der Waals surface area (Å²) in [6, 6.07) is 3.32. The van der Waals surface area contributed by atoms with Gasteiger partial charge in [-0.3, -0.25) is 4.72 Å². The zero-order valence-electron chi connectivity index (χ0n) is 10.2. The first-order valence-electron chi connectivity index (χ1n) is 5.46. The number of anilines is 2. The molecule has 0 bridgehead atoms. The van der Waals surface area contributed by atoms with E-state index in [1.165, 1.54) is 0 Å². The molecule has 0 heterocycles. The van der Waals surface area contributed by atoms with E-state index in [0.29, 0.717) is 32.7 Å². The molecule has 1 aromatic carbocycles. The summed E-state index contributed by atoms with van der Waals surface area (Å²) in [6.07, 6.45) is 0.625. The van der Waals surface area contributed by atoms with Crippen LogP contribution in [0.1, 0.15) is 20.3 Å². The number of hydrogen-bond donors (Lipinski definition) is 2. The van der Waals surface area contributed by atoms with Gasteiger partial charge < -0.3 is 5.73 Å². The van der Waals surface area contributed by atoms with Gasteiger partial charge in [0.2, 0.25) is 10.0 Å². The molecule has 1 rings (SSSR count). The number of rotatable bonds is 5. The number of nitrogen functional groups attached to an aromatic ring is 1. The van der Waals surface area contributed by atoms with Crippen molar-refractivity contribution in [1.82, 2.24) is 0 Å². The third kappa shape index (κ3) is 4.78. The first-order chi connectivity index (χ1) is 8.21. The summed E-state index contributed by atoms with van der Waals surface area (Å²) in [5.74, 6) is 0.452. The Bertz CT molecular complexity index is 507. The molecule has 3 N–H and O–H groups in total. The zero-order chi connectivity index (χ0) is 13.9. The summed E-state index contributed by atoms with van der Waals surface area (Å²) in [5, 5.41) is 0. The van der Waals surface area contributed by atoms with Crippen molar-refractivity contribution in [1.29, 1.82) is 0 Å². The highest BCUT2D eigenvalue weighted by Crippen LogP contribution is 2.34. The average Bonchev–Trinajstić information content (AvgIpc) is 2.21. The number of hydrogen-bond acceptors (Lipinski definition) is 3. The minimum absolute atomic E-state index is 0.105. The minimum Gasteiger partial charge on any atom is -0.399 e. The van der Waals surface area contributed by atoms with Gasteiger partial charge in [-0.2, -0.15) is 0 Å². The molecule has 7 heteroatoms. The standard InChI is InChI=1S/C11H16Br2N2O2S/c1-7(2)3-4-18(16,17)15-11-9(12)5-8(14)6-10(11)13/h5-7,15H,3-4,14H2,1-2H3. The molecular formula is C11H16Br2N2O2S. The van der Waals surface area contributed by atoms with E-state index in [1.54, 1.807) is 12.1 Å². The maximum Gasteiger partial charge on any atom is 0.232 e. The van der Waals surface area contributed by atoms with Crippen LogP contribution >= 0.6 is 31.9 Å². The van der Waals surface area contributed by atoms with Gasteiger partial charge in [-0.25, -0.2) is 8.42 Å². The Morgan fingerprint density at radius 1 is 1.28 bits per heavy atom. The van der Waals surface area contributed by atoms with Crippen LogP contribution in [-0.4, -0.2) is 14.2 Å². The van der Waals surface area contributed by atoms with E-state index in [9.17, 15) is 8.42 Å². The minimum atomic E-state index is -3.34. The summed E-state index contributed by atoms with van der Waals surface area (Å²) in [4.78, 5) is 0.